The van der Waals surface area contributed by atoms with Crippen LogP contribution in [0.4, 0.5) is 0 Å². The van der Waals surface area contributed by atoms with Crippen molar-refractivity contribution in [3.63, 3.8) is 0 Å². The van der Waals surface area contributed by atoms with Crippen LogP contribution < -0.4 is 5.73 Å². The van der Waals surface area contributed by atoms with E-state index in [0.29, 0.717) is 6.42 Å². The van der Waals surface area contributed by atoms with Crippen molar-refractivity contribution < 1.29 is 60.4 Å². The number of nitrogens with zero attached hydrogens (tertiary/aromatic N) is 1. The van der Waals surface area contributed by atoms with Crippen molar-refractivity contribution in [2.75, 3.05) is 13.2 Å². The monoisotopic (exact) mass is 420 g/mol. The molecule has 0 aliphatic rings. The maximum atomic E-state index is 9.96. The summed E-state index contributed by atoms with van der Waals surface area (Å²) in [6, 6.07) is -0.667. The molecule has 0 aliphatic heterocycles. The molecule has 0 amide bonds. The second kappa shape index (κ2) is 22.5. The van der Waals surface area contributed by atoms with Gasteiger partial charge in [0.05, 0.1) is 0 Å². The molecule has 0 saturated heterocycles. The Hall–Kier alpha value is -2.59. The topological polar surface area (TPSA) is 282 Å². The number of aliphatic hydroxyl groups is 4. The maximum Gasteiger partial charge on any atom is 0.335 e. The van der Waals surface area contributed by atoms with Crippen LogP contribution in [0.25, 0.3) is 0 Å². The lowest BCUT2D eigenvalue weighted by Crippen LogP contribution is -2.39. The maximum absolute atomic E-state index is 9.96. The summed E-state index contributed by atoms with van der Waals surface area (Å²) in [5.41, 5.74) is 5.13. The Morgan fingerprint density at radius 3 is 1.32 bits per heavy atom. The van der Waals surface area contributed by atoms with Gasteiger partial charge in [0.2, 0.25) is 0 Å². The zero-order chi connectivity index (χ0) is 23.3. The number of carbonyl (C=O) groups is 3. The van der Waals surface area contributed by atoms with E-state index in [1.54, 1.807) is 0 Å². The molecule has 0 heterocycles. The van der Waals surface area contributed by atoms with E-state index in [2.05, 4.69) is 0 Å². The highest BCUT2D eigenvalue weighted by atomic mass is 16.9. The van der Waals surface area contributed by atoms with E-state index in [4.69, 9.17) is 56.8 Å². The molecular formula is C13H28N2O13. The van der Waals surface area contributed by atoms with Crippen LogP contribution in [0.3, 0.4) is 0 Å². The van der Waals surface area contributed by atoms with Crippen molar-refractivity contribution in [3.05, 3.63) is 10.1 Å². The molecule has 15 nitrogen and oxygen atoms in total. The first-order valence-electron chi connectivity index (χ1n) is 7.65. The number of aliphatic carboxylic acids is 3. The summed E-state index contributed by atoms with van der Waals surface area (Å²) in [6.45, 7) is 2.30. The SMILES string of the molecule is CCC[C@H](N)C(=O)O.O=C(O)C(O)C(O)C(=O)O.O=[N+]([O-])O.OCCCCO. The van der Waals surface area contributed by atoms with Crippen molar-refractivity contribution >= 4 is 17.9 Å². The quantitative estimate of drug-likeness (QED) is 0.106. The molecule has 0 saturated carbocycles. The van der Waals surface area contributed by atoms with Gasteiger partial charge in [0.1, 0.15) is 6.04 Å². The molecule has 0 aromatic carbocycles. The summed E-state index contributed by atoms with van der Waals surface area (Å²) < 4.78 is 0. The number of hydrogen-bond acceptors (Lipinski definition) is 10. The average Bonchev–Trinajstić information content (AvgIpc) is 2.59. The number of hydrogen-bond donors (Lipinski definition) is 9. The Morgan fingerprint density at radius 1 is 0.929 bits per heavy atom. The van der Waals surface area contributed by atoms with Gasteiger partial charge >= 0.3 is 17.9 Å². The lowest BCUT2D eigenvalue weighted by molar-refractivity contribution is -0.742. The zero-order valence-electron chi connectivity index (χ0n) is 15.1. The lowest BCUT2D eigenvalue weighted by Gasteiger charge is -2.07. The van der Waals surface area contributed by atoms with Gasteiger partial charge in [-0.25, -0.2) is 9.59 Å². The van der Waals surface area contributed by atoms with Crippen molar-refractivity contribution in [1.82, 2.24) is 0 Å². The van der Waals surface area contributed by atoms with Crippen molar-refractivity contribution in [2.24, 2.45) is 5.73 Å². The highest BCUT2D eigenvalue weighted by Crippen LogP contribution is 1.92. The minimum Gasteiger partial charge on any atom is -0.480 e. The molecule has 0 aromatic heterocycles. The summed E-state index contributed by atoms with van der Waals surface area (Å²) in [5, 5.41) is 70.5. The molecular weight excluding hydrogens is 392 g/mol. The molecule has 0 rings (SSSR count). The second-order valence-electron chi connectivity index (χ2n) is 4.69. The van der Waals surface area contributed by atoms with Crippen LogP contribution in [-0.2, 0) is 14.4 Å². The van der Waals surface area contributed by atoms with Crippen LogP contribution in [0.1, 0.15) is 32.6 Å². The van der Waals surface area contributed by atoms with Crippen LogP contribution in [0, 0.1) is 10.1 Å². The van der Waals surface area contributed by atoms with E-state index in [-0.39, 0.29) is 13.2 Å². The number of nitrogens with two attached hydrogens (primary N) is 1. The van der Waals surface area contributed by atoms with E-state index in [1.165, 1.54) is 0 Å². The fourth-order valence-electron chi connectivity index (χ4n) is 0.928. The number of aliphatic hydroxyl groups excluding tert-OH is 4. The van der Waals surface area contributed by atoms with Gasteiger partial charge in [-0.3, -0.25) is 4.79 Å². The van der Waals surface area contributed by atoms with E-state index < -0.39 is 41.2 Å². The first-order valence-corrected chi connectivity index (χ1v) is 7.65. The molecule has 15 heteroatoms. The first-order chi connectivity index (χ1) is 12.8. The number of carboxylic acid groups (broad SMARTS) is 3. The van der Waals surface area contributed by atoms with Crippen molar-refractivity contribution in [3.8, 4) is 0 Å². The van der Waals surface area contributed by atoms with E-state index in [9.17, 15) is 14.4 Å². The molecule has 0 radical (unpaired) electrons. The molecule has 168 valence electrons. The summed E-state index contributed by atoms with van der Waals surface area (Å²) in [6.07, 6.45) is -1.70. The summed E-state index contributed by atoms with van der Waals surface area (Å²) in [5.74, 6) is -4.45. The predicted octanol–water partition coefficient (Wildman–Crippen LogP) is -2.52. The summed E-state index contributed by atoms with van der Waals surface area (Å²) >= 11 is 0. The van der Waals surface area contributed by atoms with Crippen LogP contribution in [0.2, 0.25) is 0 Å². The normalized spacial score (nSPS) is 12.2. The van der Waals surface area contributed by atoms with Gasteiger partial charge in [-0.05, 0) is 19.3 Å². The molecule has 0 spiro atoms. The molecule has 2 unspecified atom stereocenters. The Bertz CT molecular complexity index is 407. The first kappa shape index (κ1) is 33.0. The minimum absolute atomic E-state index is 0.195. The van der Waals surface area contributed by atoms with E-state index in [1.807, 2.05) is 6.92 Å². The Labute approximate surface area is 159 Å². The fourth-order valence-corrected chi connectivity index (χ4v) is 0.928. The highest BCUT2D eigenvalue weighted by Gasteiger charge is 2.29. The summed E-state index contributed by atoms with van der Waals surface area (Å²) in [4.78, 5) is 37.9. The summed E-state index contributed by atoms with van der Waals surface area (Å²) in [7, 11) is 0. The number of unbranched alkanes of at least 4 members (excludes halogenated alkanes) is 1. The average molecular weight is 420 g/mol. The fraction of sp³-hybridized carbons (Fsp3) is 0.769. The Kier molecular flexibility index (Phi) is 26.5. The minimum atomic E-state index is -2.27. The van der Waals surface area contributed by atoms with Crippen LogP contribution in [0.15, 0.2) is 0 Å². The smallest absolute Gasteiger partial charge is 0.335 e. The molecule has 0 aliphatic carbocycles. The predicted molar refractivity (Wildman–Crippen MR) is 90.0 cm³/mol. The Balaban J connectivity index is -0.000000144. The lowest BCUT2D eigenvalue weighted by atomic mass is 10.2. The standard InChI is InChI=1S/C5H11NO2.C4H6O6.C4H10O2.HNO3/c1-2-3-4(6)5(7)8;5-1(3(7)8)2(6)4(9)10;5-3-1-2-4-6;2-1(3)4/h4H,2-3,6H2,1H3,(H,7,8);1-2,5-6H,(H,7,8)(H,9,10);5-6H,1-4H2;(H,2,3,4)/t4-;;;/m0.../s1. The van der Waals surface area contributed by atoms with Gasteiger partial charge in [0, 0.05) is 13.2 Å². The van der Waals surface area contributed by atoms with Crippen molar-refractivity contribution in [1.29, 1.82) is 0 Å². The van der Waals surface area contributed by atoms with E-state index in [0.717, 1.165) is 19.3 Å². The molecule has 3 atom stereocenters. The van der Waals surface area contributed by atoms with Gasteiger partial charge in [-0.1, -0.05) is 13.3 Å². The van der Waals surface area contributed by atoms with Gasteiger partial charge in [0.25, 0.3) is 5.09 Å². The van der Waals surface area contributed by atoms with Gasteiger partial charge < -0.3 is 46.7 Å². The van der Waals surface area contributed by atoms with Crippen LogP contribution in [0.5, 0.6) is 0 Å². The Morgan fingerprint density at radius 2 is 1.21 bits per heavy atom. The number of carboxylic acids is 3. The van der Waals surface area contributed by atoms with Gasteiger partial charge in [0.15, 0.2) is 12.2 Å². The molecule has 0 bridgehead atoms. The molecule has 0 aromatic rings. The molecule has 28 heavy (non-hydrogen) atoms. The molecule has 0 fully saturated rings. The second-order valence-corrected chi connectivity index (χ2v) is 4.69. The highest BCUT2D eigenvalue weighted by molar-refractivity contribution is 5.83. The van der Waals surface area contributed by atoms with Crippen molar-refractivity contribution in [2.45, 2.75) is 50.9 Å². The van der Waals surface area contributed by atoms with E-state index >= 15 is 0 Å². The largest absolute Gasteiger partial charge is 0.480 e. The third-order valence-corrected chi connectivity index (χ3v) is 2.29. The molecule has 10 N–H and O–H groups in total. The zero-order valence-corrected chi connectivity index (χ0v) is 15.1. The van der Waals surface area contributed by atoms with Gasteiger partial charge in [-0.15, -0.1) is 10.1 Å². The third kappa shape index (κ3) is 31.2. The number of rotatable bonds is 9. The van der Waals surface area contributed by atoms with Crippen LogP contribution >= 0.6 is 0 Å². The van der Waals surface area contributed by atoms with Gasteiger partial charge in [-0.2, -0.15) is 0 Å². The van der Waals surface area contributed by atoms with Crippen LogP contribution in [-0.4, -0.2) is 95.4 Å². The third-order valence-electron chi connectivity index (χ3n) is 2.29.